The van der Waals surface area contributed by atoms with Crippen molar-refractivity contribution in [2.45, 2.75) is 57.2 Å². The molecule has 0 radical (unpaired) electrons. The highest BCUT2D eigenvalue weighted by Gasteiger charge is 2.32. The summed E-state index contributed by atoms with van der Waals surface area (Å²) in [5, 5.41) is 6.99. The van der Waals surface area contributed by atoms with Gasteiger partial charge in [0.1, 0.15) is 0 Å². The van der Waals surface area contributed by atoms with Gasteiger partial charge in [-0.1, -0.05) is 17.3 Å². The van der Waals surface area contributed by atoms with Crippen molar-refractivity contribution < 1.29 is 14.1 Å². The van der Waals surface area contributed by atoms with Crippen LogP contribution in [0.1, 0.15) is 53.9 Å². The number of amides is 2. The highest BCUT2D eigenvalue weighted by atomic mass is 16.5. The molecule has 164 valence electrons. The first-order valence-electron chi connectivity index (χ1n) is 11.1. The molecule has 2 heterocycles. The van der Waals surface area contributed by atoms with Crippen LogP contribution in [0, 0.1) is 0 Å². The molecule has 0 saturated heterocycles. The molecule has 0 aliphatic heterocycles. The highest BCUT2D eigenvalue weighted by Crippen LogP contribution is 2.29. The van der Waals surface area contributed by atoms with E-state index in [-0.39, 0.29) is 17.9 Å². The van der Waals surface area contributed by atoms with Crippen molar-refractivity contribution in [1.82, 2.24) is 25.3 Å². The zero-order valence-electron chi connectivity index (χ0n) is 17.7. The van der Waals surface area contributed by atoms with E-state index < -0.39 is 0 Å². The summed E-state index contributed by atoms with van der Waals surface area (Å²) in [5.41, 5.74) is 2.51. The Bertz CT molecular complexity index is 1090. The van der Waals surface area contributed by atoms with Gasteiger partial charge in [-0.05, 0) is 55.5 Å². The predicted molar refractivity (Wildman–Crippen MR) is 116 cm³/mol. The summed E-state index contributed by atoms with van der Waals surface area (Å²) < 4.78 is 5.32. The topological polar surface area (TPSA) is 101 Å². The fraction of sp³-hybridized carbons (Fsp3) is 0.375. The molecule has 2 aliphatic carbocycles. The third-order valence-corrected chi connectivity index (χ3v) is 5.75. The van der Waals surface area contributed by atoms with Crippen molar-refractivity contribution in [3.05, 3.63) is 65.8 Å². The van der Waals surface area contributed by atoms with E-state index in [9.17, 15) is 9.59 Å². The normalized spacial score (nSPS) is 15.4. The van der Waals surface area contributed by atoms with E-state index in [1.54, 1.807) is 12.4 Å². The number of hydrogen-bond donors (Lipinski definition) is 1. The van der Waals surface area contributed by atoms with Crippen LogP contribution in [-0.4, -0.2) is 43.9 Å². The summed E-state index contributed by atoms with van der Waals surface area (Å²) in [7, 11) is 0. The molecule has 2 amide bonds. The van der Waals surface area contributed by atoms with Gasteiger partial charge in [0, 0.05) is 55.0 Å². The van der Waals surface area contributed by atoms with Gasteiger partial charge in [-0.3, -0.25) is 14.6 Å². The standard InChI is InChI=1S/C24H25N5O3/c30-22(10-9-21-27-23(28-32-21)17-11-13-25-14-12-17)29(20-7-8-20)15-16-1-3-18(4-2-16)24(31)26-19-5-6-19/h1-4,11-14,19-20H,5-10,15H2,(H,26,31). The van der Waals surface area contributed by atoms with Crippen molar-refractivity contribution in [3.63, 3.8) is 0 Å². The number of rotatable bonds is 9. The monoisotopic (exact) mass is 431 g/mol. The van der Waals surface area contributed by atoms with Gasteiger partial charge in [0.15, 0.2) is 0 Å². The third-order valence-electron chi connectivity index (χ3n) is 5.75. The van der Waals surface area contributed by atoms with Crippen molar-refractivity contribution in [2.24, 2.45) is 0 Å². The van der Waals surface area contributed by atoms with Gasteiger partial charge in [0.2, 0.25) is 17.6 Å². The molecule has 0 atom stereocenters. The first-order chi connectivity index (χ1) is 15.7. The fourth-order valence-electron chi connectivity index (χ4n) is 3.59. The van der Waals surface area contributed by atoms with Crippen LogP contribution in [0.3, 0.4) is 0 Å². The van der Waals surface area contributed by atoms with E-state index in [1.807, 2.05) is 41.3 Å². The minimum atomic E-state index is -0.0279. The van der Waals surface area contributed by atoms with Crippen molar-refractivity contribution >= 4 is 11.8 Å². The van der Waals surface area contributed by atoms with E-state index in [0.29, 0.717) is 42.7 Å². The number of aryl methyl sites for hydroxylation is 1. The zero-order valence-corrected chi connectivity index (χ0v) is 17.7. The molecule has 1 N–H and O–H groups in total. The molecular weight excluding hydrogens is 406 g/mol. The van der Waals surface area contributed by atoms with Gasteiger partial charge in [0.25, 0.3) is 5.91 Å². The number of pyridine rings is 1. The molecule has 2 aliphatic rings. The Kier molecular flexibility index (Phi) is 5.66. The van der Waals surface area contributed by atoms with E-state index in [0.717, 1.165) is 36.8 Å². The molecule has 3 aromatic rings. The van der Waals surface area contributed by atoms with E-state index in [1.165, 1.54) is 0 Å². The lowest BCUT2D eigenvalue weighted by atomic mass is 10.1. The maximum Gasteiger partial charge on any atom is 0.251 e. The molecule has 2 fully saturated rings. The first kappa shape index (κ1) is 20.4. The summed E-state index contributed by atoms with van der Waals surface area (Å²) in [6.07, 6.45) is 8.26. The molecule has 0 unspecified atom stereocenters. The lowest BCUT2D eigenvalue weighted by Crippen LogP contribution is -2.32. The van der Waals surface area contributed by atoms with Crippen LogP contribution in [0.5, 0.6) is 0 Å². The SMILES string of the molecule is O=C(NC1CC1)c1ccc(CN(C(=O)CCc2nc(-c3ccncc3)no2)C2CC2)cc1. The van der Waals surface area contributed by atoms with Crippen LogP contribution >= 0.6 is 0 Å². The second-order valence-corrected chi connectivity index (χ2v) is 8.45. The Labute approximate surface area is 186 Å². The number of benzene rings is 1. The average molecular weight is 431 g/mol. The molecule has 32 heavy (non-hydrogen) atoms. The maximum atomic E-state index is 12.9. The van der Waals surface area contributed by atoms with Crippen molar-refractivity contribution in [1.29, 1.82) is 0 Å². The minimum Gasteiger partial charge on any atom is -0.349 e. The van der Waals surface area contributed by atoms with Crippen LogP contribution in [0.2, 0.25) is 0 Å². The largest absolute Gasteiger partial charge is 0.349 e. The van der Waals surface area contributed by atoms with E-state index in [2.05, 4.69) is 20.4 Å². The minimum absolute atomic E-state index is 0.0279. The lowest BCUT2D eigenvalue weighted by Gasteiger charge is -2.22. The number of carbonyl (C=O) groups excluding carboxylic acids is 2. The van der Waals surface area contributed by atoms with Crippen molar-refractivity contribution in [2.75, 3.05) is 0 Å². The molecular formula is C24H25N5O3. The van der Waals surface area contributed by atoms with Crippen molar-refractivity contribution in [3.8, 4) is 11.4 Å². The number of hydrogen-bond acceptors (Lipinski definition) is 6. The summed E-state index contributed by atoms with van der Waals surface area (Å²) in [4.78, 5) is 35.4. The number of nitrogens with zero attached hydrogens (tertiary/aromatic N) is 4. The van der Waals surface area contributed by atoms with E-state index in [4.69, 9.17) is 4.52 Å². The Morgan fingerprint density at radius 3 is 2.47 bits per heavy atom. The Balaban J connectivity index is 1.17. The average Bonchev–Trinajstić information content (AvgIpc) is 3.76. The molecule has 5 rings (SSSR count). The Morgan fingerprint density at radius 2 is 1.78 bits per heavy atom. The van der Waals surface area contributed by atoms with Gasteiger partial charge in [-0.2, -0.15) is 4.98 Å². The van der Waals surface area contributed by atoms with Crippen LogP contribution in [0.4, 0.5) is 0 Å². The van der Waals surface area contributed by atoms with Crippen LogP contribution in [-0.2, 0) is 17.8 Å². The second kappa shape index (κ2) is 8.90. The van der Waals surface area contributed by atoms with Gasteiger partial charge < -0.3 is 14.7 Å². The van der Waals surface area contributed by atoms with Crippen LogP contribution in [0.15, 0.2) is 53.3 Å². The van der Waals surface area contributed by atoms with Crippen LogP contribution < -0.4 is 5.32 Å². The smallest absolute Gasteiger partial charge is 0.251 e. The van der Waals surface area contributed by atoms with Gasteiger partial charge >= 0.3 is 0 Å². The predicted octanol–water partition coefficient (Wildman–Crippen LogP) is 3.15. The molecule has 0 bridgehead atoms. The van der Waals surface area contributed by atoms with E-state index >= 15 is 0 Å². The Morgan fingerprint density at radius 1 is 1.03 bits per heavy atom. The first-order valence-corrected chi connectivity index (χ1v) is 11.1. The number of nitrogens with one attached hydrogen (secondary N) is 1. The molecule has 2 saturated carbocycles. The highest BCUT2D eigenvalue weighted by molar-refractivity contribution is 5.94. The van der Waals surface area contributed by atoms with Crippen LogP contribution in [0.25, 0.3) is 11.4 Å². The quantitative estimate of drug-likeness (QED) is 0.559. The second-order valence-electron chi connectivity index (χ2n) is 8.45. The third kappa shape index (κ3) is 5.01. The lowest BCUT2D eigenvalue weighted by molar-refractivity contribution is -0.132. The van der Waals surface area contributed by atoms with Gasteiger partial charge in [-0.15, -0.1) is 0 Å². The summed E-state index contributed by atoms with van der Waals surface area (Å²) in [6.45, 7) is 0.542. The maximum absolute atomic E-state index is 12.9. The summed E-state index contributed by atoms with van der Waals surface area (Å²) in [5.74, 6) is 0.998. The number of aromatic nitrogens is 3. The molecule has 1 aromatic carbocycles. The number of carbonyl (C=O) groups is 2. The zero-order chi connectivity index (χ0) is 21.9. The fourth-order valence-corrected chi connectivity index (χ4v) is 3.59. The summed E-state index contributed by atoms with van der Waals surface area (Å²) in [6, 6.07) is 11.8. The molecule has 2 aromatic heterocycles. The molecule has 8 nitrogen and oxygen atoms in total. The molecule has 0 spiro atoms. The molecule has 8 heteroatoms. The van der Waals surface area contributed by atoms with Gasteiger partial charge in [-0.25, -0.2) is 0 Å². The van der Waals surface area contributed by atoms with Gasteiger partial charge in [0.05, 0.1) is 0 Å². The Hall–Kier alpha value is -3.55. The summed E-state index contributed by atoms with van der Waals surface area (Å²) >= 11 is 0.